The van der Waals surface area contributed by atoms with E-state index in [9.17, 15) is 0 Å². The Morgan fingerprint density at radius 2 is 2.41 bits per heavy atom. The van der Waals surface area contributed by atoms with Crippen molar-refractivity contribution in [2.75, 3.05) is 18.1 Å². The maximum atomic E-state index is 5.81. The maximum Gasteiger partial charge on any atom is 0.156 e. The summed E-state index contributed by atoms with van der Waals surface area (Å²) in [6.45, 7) is 2.19. The molecule has 0 spiro atoms. The SMILES string of the molecule is NCc1ccnnc1N1CCOC2CCCC21. The molecule has 2 unspecified atom stereocenters. The number of nitrogens with two attached hydrogens (primary N) is 1. The second-order valence-electron chi connectivity index (χ2n) is 4.69. The molecule has 2 atom stereocenters. The normalized spacial score (nSPS) is 28.2. The highest BCUT2D eigenvalue weighted by Crippen LogP contribution is 2.33. The van der Waals surface area contributed by atoms with Crippen LogP contribution in [0.5, 0.6) is 0 Å². The Morgan fingerprint density at radius 1 is 1.47 bits per heavy atom. The Bertz CT molecular complexity index is 398. The van der Waals surface area contributed by atoms with Crippen LogP contribution in [0.25, 0.3) is 0 Å². The smallest absolute Gasteiger partial charge is 0.156 e. The predicted molar refractivity (Wildman–Crippen MR) is 64.6 cm³/mol. The van der Waals surface area contributed by atoms with E-state index in [0.717, 1.165) is 24.5 Å². The molecule has 2 aliphatic rings. The fraction of sp³-hybridized carbons (Fsp3) is 0.667. The highest BCUT2D eigenvalue weighted by Gasteiger charge is 2.37. The first kappa shape index (κ1) is 10.9. The quantitative estimate of drug-likeness (QED) is 0.815. The first-order valence-electron chi connectivity index (χ1n) is 6.29. The fourth-order valence-electron chi connectivity index (χ4n) is 2.94. The molecular formula is C12H18N4O. The van der Waals surface area contributed by atoms with Crippen molar-refractivity contribution in [1.82, 2.24) is 10.2 Å². The number of morpholine rings is 1. The zero-order valence-corrected chi connectivity index (χ0v) is 9.88. The monoisotopic (exact) mass is 234 g/mol. The van der Waals surface area contributed by atoms with E-state index in [1.54, 1.807) is 6.20 Å². The Labute approximate surface area is 101 Å². The predicted octanol–water partition coefficient (Wildman–Crippen LogP) is 0.693. The Morgan fingerprint density at radius 3 is 3.29 bits per heavy atom. The second-order valence-corrected chi connectivity index (χ2v) is 4.69. The summed E-state index contributed by atoms with van der Waals surface area (Å²) >= 11 is 0. The summed E-state index contributed by atoms with van der Waals surface area (Å²) in [7, 11) is 0. The number of hydrogen-bond donors (Lipinski definition) is 1. The largest absolute Gasteiger partial charge is 0.374 e. The van der Waals surface area contributed by atoms with Gasteiger partial charge in [-0.15, -0.1) is 5.10 Å². The molecule has 1 saturated carbocycles. The van der Waals surface area contributed by atoms with E-state index in [2.05, 4.69) is 15.1 Å². The van der Waals surface area contributed by atoms with E-state index in [4.69, 9.17) is 10.5 Å². The number of hydrogen-bond acceptors (Lipinski definition) is 5. The number of ether oxygens (including phenoxy) is 1. The summed E-state index contributed by atoms with van der Waals surface area (Å²) in [6, 6.07) is 2.42. The highest BCUT2D eigenvalue weighted by atomic mass is 16.5. The van der Waals surface area contributed by atoms with E-state index >= 15 is 0 Å². The van der Waals surface area contributed by atoms with Crippen LogP contribution in [0.3, 0.4) is 0 Å². The minimum Gasteiger partial charge on any atom is -0.374 e. The van der Waals surface area contributed by atoms with Crippen LogP contribution in [0.15, 0.2) is 12.3 Å². The van der Waals surface area contributed by atoms with E-state index in [1.165, 1.54) is 19.3 Å². The molecule has 2 N–H and O–H groups in total. The van der Waals surface area contributed by atoms with Gasteiger partial charge in [-0.05, 0) is 25.3 Å². The molecule has 1 aliphatic heterocycles. The first-order valence-corrected chi connectivity index (χ1v) is 6.29. The van der Waals surface area contributed by atoms with Crippen molar-refractivity contribution in [3.63, 3.8) is 0 Å². The maximum absolute atomic E-state index is 5.81. The molecule has 92 valence electrons. The van der Waals surface area contributed by atoms with Gasteiger partial charge in [0, 0.05) is 18.7 Å². The summed E-state index contributed by atoms with van der Waals surface area (Å²) in [5.41, 5.74) is 6.85. The van der Waals surface area contributed by atoms with Crippen molar-refractivity contribution in [3.05, 3.63) is 17.8 Å². The molecule has 1 saturated heterocycles. The Balaban J connectivity index is 1.91. The summed E-state index contributed by atoms with van der Waals surface area (Å²) in [4.78, 5) is 2.34. The molecule has 1 aromatic rings. The molecule has 2 heterocycles. The molecule has 0 radical (unpaired) electrons. The average molecular weight is 234 g/mol. The minimum atomic E-state index is 0.372. The van der Waals surface area contributed by atoms with Crippen molar-refractivity contribution >= 4 is 5.82 Å². The van der Waals surface area contributed by atoms with Crippen molar-refractivity contribution in [3.8, 4) is 0 Å². The zero-order chi connectivity index (χ0) is 11.7. The highest BCUT2D eigenvalue weighted by molar-refractivity contribution is 5.47. The van der Waals surface area contributed by atoms with E-state index in [1.807, 2.05) is 6.07 Å². The van der Waals surface area contributed by atoms with E-state index in [0.29, 0.717) is 18.7 Å². The van der Waals surface area contributed by atoms with Crippen molar-refractivity contribution in [2.45, 2.75) is 38.0 Å². The molecule has 17 heavy (non-hydrogen) atoms. The van der Waals surface area contributed by atoms with Gasteiger partial charge in [-0.2, -0.15) is 5.10 Å². The number of fused-ring (bicyclic) bond motifs is 1. The van der Waals surface area contributed by atoms with Gasteiger partial charge in [0.2, 0.25) is 0 Å². The van der Waals surface area contributed by atoms with Crippen LogP contribution in [0.1, 0.15) is 24.8 Å². The standard InChI is InChI=1S/C12H18N4O/c13-8-9-4-5-14-15-12(9)16-6-7-17-11-3-1-2-10(11)16/h4-5,10-11H,1-3,6-8,13H2. The molecule has 3 rings (SSSR count). The molecule has 0 bridgehead atoms. The van der Waals surface area contributed by atoms with Gasteiger partial charge in [-0.3, -0.25) is 0 Å². The lowest BCUT2D eigenvalue weighted by Crippen LogP contribution is -2.49. The number of rotatable bonds is 2. The third-order valence-corrected chi connectivity index (χ3v) is 3.76. The van der Waals surface area contributed by atoms with Gasteiger partial charge in [0.25, 0.3) is 0 Å². The lowest BCUT2D eigenvalue weighted by atomic mass is 10.1. The average Bonchev–Trinajstić information content (AvgIpc) is 2.86. The van der Waals surface area contributed by atoms with E-state index in [-0.39, 0.29) is 0 Å². The molecule has 1 aromatic heterocycles. The Hall–Kier alpha value is -1.20. The van der Waals surface area contributed by atoms with E-state index < -0.39 is 0 Å². The lowest BCUT2D eigenvalue weighted by Gasteiger charge is -2.38. The van der Waals surface area contributed by atoms with Gasteiger partial charge in [-0.1, -0.05) is 0 Å². The van der Waals surface area contributed by atoms with Crippen LogP contribution in [0.2, 0.25) is 0 Å². The number of nitrogens with zero attached hydrogens (tertiary/aromatic N) is 3. The van der Waals surface area contributed by atoms with Gasteiger partial charge >= 0.3 is 0 Å². The van der Waals surface area contributed by atoms with Crippen LogP contribution < -0.4 is 10.6 Å². The number of anilines is 1. The topological polar surface area (TPSA) is 64.3 Å². The first-order chi connectivity index (χ1) is 8.40. The van der Waals surface area contributed by atoms with Gasteiger partial charge in [0.05, 0.1) is 24.9 Å². The van der Waals surface area contributed by atoms with Crippen LogP contribution in [-0.2, 0) is 11.3 Å². The summed E-state index contributed by atoms with van der Waals surface area (Å²) in [5, 5.41) is 8.27. The Kier molecular flexibility index (Phi) is 2.94. The number of aromatic nitrogens is 2. The van der Waals surface area contributed by atoms with Crippen LogP contribution in [-0.4, -0.2) is 35.5 Å². The zero-order valence-electron chi connectivity index (χ0n) is 9.88. The van der Waals surface area contributed by atoms with Gasteiger partial charge in [0.15, 0.2) is 5.82 Å². The van der Waals surface area contributed by atoms with Crippen molar-refractivity contribution in [2.24, 2.45) is 5.73 Å². The van der Waals surface area contributed by atoms with Gasteiger partial charge < -0.3 is 15.4 Å². The molecule has 5 nitrogen and oxygen atoms in total. The lowest BCUT2D eigenvalue weighted by molar-refractivity contribution is 0.0252. The van der Waals surface area contributed by atoms with Crippen LogP contribution in [0, 0.1) is 0 Å². The minimum absolute atomic E-state index is 0.372. The molecule has 0 aromatic carbocycles. The van der Waals surface area contributed by atoms with Crippen LogP contribution >= 0.6 is 0 Å². The van der Waals surface area contributed by atoms with Crippen molar-refractivity contribution in [1.29, 1.82) is 0 Å². The molecule has 2 fully saturated rings. The van der Waals surface area contributed by atoms with Gasteiger partial charge in [-0.25, -0.2) is 0 Å². The summed E-state index contributed by atoms with van der Waals surface area (Å²) in [6.07, 6.45) is 5.67. The molecule has 1 aliphatic carbocycles. The molecule has 5 heteroatoms. The second kappa shape index (κ2) is 4.58. The summed E-state index contributed by atoms with van der Waals surface area (Å²) < 4.78 is 5.81. The summed E-state index contributed by atoms with van der Waals surface area (Å²) in [5.74, 6) is 0.954. The fourth-order valence-corrected chi connectivity index (χ4v) is 2.94. The van der Waals surface area contributed by atoms with Gasteiger partial charge in [0.1, 0.15) is 0 Å². The van der Waals surface area contributed by atoms with Crippen molar-refractivity contribution < 1.29 is 4.74 Å². The third-order valence-electron chi connectivity index (χ3n) is 3.76. The molecular weight excluding hydrogens is 216 g/mol. The molecule has 0 amide bonds. The third kappa shape index (κ3) is 1.89. The van der Waals surface area contributed by atoms with Crippen LogP contribution in [0.4, 0.5) is 5.82 Å².